The van der Waals surface area contributed by atoms with Gasteiger partial charge in [-0.05, 0) is 74.2 Å². The highest BCUT2D eigenvalue weighted by molar-refractivity contribution is 8.78. The summed E-state index contributed by atoms with van der Waals surface area (Å²) in [7, 11) is 2.25. The average Bonchev–Trinajstić information content (AvgIpc) is 3.97. The summed E-state index contributed by atoms with van der Waals surface area (Å²) in [6.07, 6.45) is 3.17. The minimum absolute atomic E-state index is 0.0164. The van der Waals surface area contributed by atoms with Gasteiger partial charge >= 0.3 is 11.6 Å². The Morgan fingerprint density at radius 2 is 1.09 bits per heavy atom. The van der Waals surface area contributed by atoms with Crippen molar-refractivity contribution in [2.24, 2.45) is 0 Å². The number of fused-ring (bicyclic) bond motifs is 11. The summed E-state index contributed by atoms with van der Waals surface area (Å²) in [4.78, 5) is 61.2. The molecule has 4 aromatic carbocycles. The van der Waals surface area contributed by atoms with E-state index in [0.29, 0.717) is 28.5 Å². The molecular formula is C49H50N6O8S7. The lowest BCUT2D eigenvalue weighted by Crippen LogP contribution is -2.76. The number of carbonyl (C=O) groups is 4. The summed E-state index contributed by atoms with van der Waals surface area (Å²) < 4.78 is 47.0. The van der Waals surface area contributed by atoms with E-state index in [2.05, 4.69) is 55.1 Å². The molecule has 10 aliphatic heterocycles. The van der Waals surface area contributed by atoms with E-state index in [9.17, 15) is 27.6 Å². The van der Waals surface area contributed by atoms with E-state index >= 15 is 0 Å². The minimum atomic E-state index is -4.01. The van der Waals surface area contributed by atoms with Gasteiger partial charge in [-0.1, -0.05) is 157 Å². The molecule has 0 N–H and O–H groups in total. The normalized spacial score (nSPS) is 32.9. The van der Waals surface area contributed by atoms with Crippen LogP contribution in [0.2, 0.25) is 0 Å². The molecule has 14 nitrogen and oxygen atoms in total. The summed E-state index contributed by atoms with van der Waals surface area (Å²) in [5, 5.41) is 0. The fraction of sp³-hybridized carbons (Fsp3) is 0.408. The van der Waals surface area contributed by atoms with Crippen molar-refractivity contribution in [3.63, 3.8) is 0 Å². The summed E-state index contributed by atoms with van der Waals surface area (Å²) in [5.41, 5.74) is 3.83. The maximum Gasteiger partial charge on any atom is 0.335 e. The maximum atomic E-state index is 14.3. The molecule has 14 rings (SSSR count). The highest BCUT2D eigenvalue weighted by atomic mass is 33.1. The molecule has 8 unspecified atom stereocenters. The number of carbonyl (C=O) groups excluding carboxylic acids is 4. The lowest BCUT2D eigenvalue weighted by atomic mass is 9.74. The van der Waals surface area contributed by atoms with Crippen molar-refractivity contribution in [1.82, 2.24) is 19.6 Å². The molecule has 8 fully saturated rings. The Morgan fingerprint density at radius 3 is 1.70 bits per heavy atom. The monoisotopic (exact) mass is 1070 g/mol. The lowest BCUT2D eigenvalue weighted by molar-refractivity contribution is -0.163. The number of piperazine rings is 2. The molecule has 10 heterocycles. The van der Waals surface area contributed by atoms with Crippen LogP contribution in [0.25, 0.3) is 0 Å². The van der Waals surface area contributed by atoms with Gasteiger partial charge in [0.1, 0.15) is 15.9 Å². The fourth-order valence-corrected chi connectivity index (χ4v) is 21.7. The SMILES string of the molecule is CCCC12CC34SC(=S)SC(C)(C(=O)N3C1N(c1ccccc1)c1ccccc12)N(C)C4=O.CCCC12CC34SSC(C)(C(=O)N3C1N(S(=O)(=O)c1ccccc1)c1ccccc12)N(C)C4=O.O=S=O. The Labute approximate surface area is 433 Å². The summed E-state index contributed by atoms with van der Waals surface area (Å²) >= 11 is 7.73. The summed E-state index contributed by atoms with van der Waals surface area (Å²) in [5.74, 6) is -0.379. The quantitative estimate of drug-likeness (QED) is 0.129. The van der Waals surface area contributed by atoms with Crippen LogP contribution < -0.4 is 9.21 Å². The number of benzene rings is 4. The zero-order chi connectivity index (χ0) is 50.0. The number of likely N-dealkylation sites (N-methyl/N-ethyl adjacent to an activating group) is 2. The van der Waals surface area contributed by atoms with Gasteiger partial charge in [0.25, 0.3) is 33.7 Å². The highest BCUT2D eigenvalue weighted by Gasteiger charge is 2.79. The number of rotatable bonds is 7. The smallest absolute Gasteiger partial charge is 0.320 e. The molecular weight excluding hydrogens is 1030 g/mol. The van der Waals surface area contributed by atoms with Gasteiger partial charge in [0.05, 0.1) is 10.6 Å². The maximum absolute atomic E-state index is 14.3. The Kier molecular flexibility index (Phi) is 12.0. The molecule has 10 aliphatic rings. The number of amides is 4. The second-order valence-corrected chi connectivity index (χ2v) is 27.7. The van der Waals surface area contributed by atoms with Gasteiger partial charge in [0, 0.05) is 49.1 Å². The van der Waals surface area contributed by atoms with E-state index in [1.54, 1.807) is 66.1 Å². The molecule has 70 heavy (non-hydrogen) atoms. The predicted octanol–water partition coefficient (Wildman–Crippen LogP) is 8.19. The van der Waals surface area contributed by atoms with E-state index in [4.69, 9.17) is 20.6 Å². The molecule has 21 heteroatoms. The van der Waals surface area contributed by atoms with Crippen LogP contribution in [0.5, 0.6) is 0 Å². The average molecular weight is 1080 g/mol. The van der Waals surface area contributed by atoms with Crippen LogP contribution in [0.15, 0.2) is 114 Å². The molecule has 0 radical (unpaired) electrons. The topological polar surface area (TPSA) is 156 Å². The van der Waals surface area contributed by atoms with Gasteiger partial charge in [-0.2, -0.15) is 8.42 Å². The standard InChI is InChI=1S/C25H25N3O2S3.C24H25N3O4S3.O2S/c1-4-14-24-15-25-21(30)26(3)23(2,32-22(31)33-25)20(29)28(25)19(24)27(16-10-6-5-7-11-16)18-13-9-8-12-17(18)24;1-4-14-23-15-24-21(29)25(3)22(2,32-33-24)20(28)26(24)19(23)27(18-13-9-8-12-17(18)23)34(30,31)16-10-6-5-7-11-16;1-3-2/h5-13,19H,4,14-15H2,1-3H3;5-13,19H,4,14-15H2,1-3H3;. The summed E-state index contributed by atoms with van der Waals surface area (Å²) in [6.45, 7) is 7.85. The largest absolute Gasteiger partial charge is 0.335 e. The van der Waals surface area contributed by atoms with Crippen LogP contribution in [-0.2, 0) is 51.6 Å². The van der Waals surface area contributed by atoms with E-state index in [1.165, 1.54) is 55.0 Å². The van der Waals surface area contributed by atoms with E-state index in [-0.39, 0.29) is 40.1 Å². The van der Waals surface area contributed by atoms with Crippen LogP contribution in [0.1, 0.15) is 77.3 Å². The molecule has 8 atom stereocenters. The first-order valence-electron chi connectivity index (χ1n) is 22.9. The van der Waals surface area contributed by atoms with Crippen molar-refractivity contribution < 1.29 is 36.0 Å². The minimum Gasteiger partial charge on any atom is -0.320 e. The van der Waals surface area contributed by atoms with Crippen molar-refractivity contribution in [3.05, 3.63) is 120 Å². The Balaban J connectivity index is 0.000000154. The van der Waals surface area contributed by atoms with E-state index < -0.39 is 52.7 Å². The van der Waals surface area contributed by atoms with Gasteiger partial charge in [0.15, 0.2) is 19.5 Å². The van der Waals surface area contributed by atoms with Crippen molar-refractivity contribution in [3.8, 4) is 0 Å². The molecule has 0 aliphatic carbocycles. The molecule has 8 saturated heterocycles. The van der Waals surface area contributed by atoms with Crippen molar-refractivity contribution >= 4 is 123 Å². The van der Waals surface area contributed by atoms with Gasteiger partial charge in [-0.15, -0.1) is 0 Å². The number of thiocarbonyl (C=S) groups is 1. The third-order valence-corrected chi connectivity index (χ3v) is 24.1. The van der Waals surface area contributed by atoms with Crippen molar-refractivity contribution in [2.45, 2.75) is 114 Å². The highest BCUT2D eigenvalue weighted by Crippen LogP contribution is 2.71. The first kappa shape index (κ1) is 49.2. The third kappa shape index (κ3) is 6.32. The van der Waals surface area contributed by atoms with Crippen LogP contribution >= 0.6 is 57.3 Å². The predicted molar refractivity (Wildman–Crippen MR) is 281 cm³/mol. The van der Waals surface area contributed by atoms with Crippen LogP contribution in [0.3, 0.4) is 0 Å². The first-order chi connectivity index (χ1) is 33.4. The number of thioether (sulfide) groups is 2. The van der Waals surface area contributed by atoms with Gasteiger partial charge in [-0.25, -0.2) is 12.7 Å². The molecule has 2 spiro atoms. The molecule has 4 bridgehead atoms. The zero-order valence-electron chi connectivity index (χ0n) is 39.1. The Morgan fingerprint density at radius 1 is 0.614 bits per heavy atom. The van der Waals surface area contributed by atoms with Crippen molar-refractivity contribution in [2.75, 3.05) is 23.3 Å². The number of anilines is 3. The van der Waals surface area contributed by atoms with E-state index in [1.807, 2.05) is 54.3 Å². The van der Waals surface area contributed by atoms with E-state index in [0.717, 1.165) is 36.2 Å². The van der Waals surface area contributed by atoms with Gasteiger partial charge in [-0.3, -0.25) is 29.0 Å². The van der Waals surface area contributed by atoms with Gasteiger partial charge < -0.3 is 14.7 Å². The second kappa shape index (κ2) is 17.1. The van der Waals surface area contributed by atoms with Crippen LogP contribution in [0.4, 0.5) is 17.1 Å². The number of nitrogens with zero attached hydrogens (tertiary/aromatic N) is 6. The number of hydrogen-bond acceptors (Lipinski definition) is 14. The number of sulfonamides is 1. The van der Waals surface area contributed by atoms with Crippen molar-refractivity contribution in [1.29, 1.82) is 0 Å². The molecule has 0 aromatic heterocycles. The third-order valence-electron chi connectivity index (χ3n) is 15.6. The Bertz CT molecular complexity index is 3040. The molecule has 4 aromatic rings. The van der Waals surface area contributed by atoms with Gasteiger partial charge in [0.2, 0.25) is 0 Å². The number of para-hydroxylation sites is 3. The zero-order valence-corrected chi connectivity index (χ0v) is 44.8. The Hall–Kier alpha value is -4.38. The van der Waals surface area contributed by atoms with Crippen LogP contribution in [-0.4, -0.2) is 110 Å². The molecule has 366 valence electrons. The second-order valence-electron chi connectivity index (χ2n) is 19.1. The molecule has 4 amide bonds. The number of hydrogen-bond donors (Lipinski definition) is 0. The fourth-order valence-electron chi connectivity index (χ4n) is 12.6. The first-order valence-corrected chi connectivity index (χ1v) is 29.2. The lowest BCUT2D eigenvalue weighted by Gasteiger charge is -2.58. The molecule has 0 saturated carbocycles. The summed E-state index contributed by atoms with van der Waals surface area (Å²) in [6, 6.07) is 34.6. The van der Waals surface area contributed by atoms with Crippen LogP contribution in [0, 0.1) is 0 Å².